The van der Waals surface area contributed by atoms with E-state index in [1.807, 2.05) is 0 Å². The second-order valence-electron chi connectivity index (χ2n) is 2.69. The largest absolute Gasteiger partial charge is 0.350 e. The van der Waals surface area contributed by atoms with E-state index in [-0.39, 0.29) is 16.7 Å². The maximum atomic E-state index is 10.8. The van der Waals surface area contributed by atoms with Gasteiger partial charge in [-0.3, -0.25) is 4.98 Å². The summed E-state index contributed by atoms with van der Waals surface area (Å²) in [5.41, 5.74) is 9.83. The maximum absolute atomic E-state index is 10.8. The van der Waals surface area contributed by atoms with Crippen LogP contribution in [0.2, 0.25) is 0 Å². The molecular weight excluding hydrogens is 250 g/mol. The van der Waals surface area contributed by atoms with Crippen molar-refractivity contribution >= 4 is 36.2 Å². The van der Waals surface area contributed by atoms with E-state index in [0.717, 1.165) is 0 Å². The zero-order valence-electron chi connectivity index (χ0n) is 8.32. The lowest BCUT2D eigenvalue weighted by Gasteiger charge is -2.16. The van der Waals surface area contributed by atoms with Crippen LogP contribution in [0.4, 0.5) is 21.5 Å². The Balaban J connectivity index is 3.24. The number of primary amides is 2. The van der Waals surface area contributed by atoms with Gasteiger partial charge in [-0.25, -0.2) is 21.3 Å². The number of anilines is 2. The van der Waals surface area contributed by atoms with E-state index in [2.05, 4.69) is 27.2 Å². The van der Waals surface area contributed by atoms with Crippen LogP contribution in [0.1, 0.15) is 0 Å². The second-order valence-corrected chi connectivity index (χ2v) is 3.06. The Morgan fingerprint density at radius 2 is 1.41 bits per heavy atom. The van der Waals surface area contributed by atoms with Gasteiger partial charge in [0.05, 0.1) is 0 Å². The summed E-state index contributed by atoms with van der Waals surface area (Å²) in [5.74, 6) is 10.1. The third-order valence-corrected chi connectivity index (χ3v) is 1.74. The highest BCUT2D eigenvalue weighted by Crippen LogP contribution is 2.08. The van der Waals surface area contributed by atoms with Crippen LogP contribution < -0.4 is 33.2 Å². The topological polar surface area (TPSA) is 186 Å². The Labute approximate surface area is 99.3 Å². The van der Waals surface area contributed by atoms with Gasteiger partial charge in [0.2, 0.25) is 16.7 Å². The molecule has 0 atom stereocenters. The minimum atomic E-state index is -0.997. The first-order valence-electron chi connectivity index (χ1n) is 3.99. The molecule has 9 N–H and O–H groups in total. The lowest BCUT2D eigenvalue weighted by molar-refractivity contribution is 0.253. The van der Waals surface area contributed by atoms with Crippen molar-refractivity contribution in [3.8, 4) is 0 Å². The molecule has 1 aromatic heterocycles. The van der Waals surface area contributed by atoms with Gasteiger partial charge in [0.15, 0.2) is 0 Å². The van der Waals surface area contributed by atoms with Crippen molar-refractivity contribution in [2.24, 2.45) is 23.2 Å². The van der Waals surface area contributed by atoms with Gasteiger partial charge in [0, 0.05) is 0 Å². The van der Waals surface area contributed by atoms with Crippen LogP contribution in [0, 0.1) is 4.77 Å². The SMILES string of the molecule is NC(=O)N(N)c1nc(=S)nc(N(N)C(N)=O)[nH]1. The molecular formula is C5H9N9O2S. The normalized spacial score (nSPS) is 9.76. The fourth-order valence-electron chi connectivity index (χ4n) is 0.799. The van der Waals surface area contributed by atoms with Crippen LogP contribution in [0.5, 0.6) is 0 Å². The van der Waals surface area contributed by atoms with Crippen molar-refractivity contribution in [2.75, 3.05) is 10.0 Å². The van der Waals surface area contributed by atoms with Crippen molar-refractivity contribution < 1.29 is 9.59 Å². The Hall–Kier alpha value is -2.31. The van der Waals surface area contributed by atoms with E-state index in [9.17, 15) is 9.59 Å². The van der Waals surface area contributed by atoms with Gasteiger partial charge in [-0.05, 0) is 12.2 Å². The molecule has 0 saturated carbocycles. The molecule has 17 heavy (non-hydrogen) atoms. The summed E-state index contributed by atoms with van der Waals surface area (Å²) < 4.78 is -0.206. The smallest absolute Gasteiger partial charge is 0.336 e. The number of nitrogens with two attached hydrogens (primary N) is 4. The van der Waals surface area contributed by atoms with Crippen molar-refractivity contribution in [3.05, 3.63) is 4.77 Å². The zero-order valence-corrected chi connectivity index (χ0v) is 9.14. The summed E-state index contributed by atoms with van der Waals surface area (Å²) in [6, 6.07) is -1.99. The van der Waals surface area contributed by atoms with Gasteiger partial charge in [-0.15, -0.1) is 0 Å². The van der Waals surface area contributed by atoms with Gasteiger partial charge >= 0.3 is 12.1 Å². The maximum Gasteiger partial charge on any atom is 0.336 e. The average molecular weight is 259 g/mol. The number of urea groups is 2. The van der Waals surface area contributed by atoms with E-state index in [4.69, 9.17) is 23.2 Å². The molecule has 4 amide bonds. The minimum Gasteiger partial charge on any atom is -0.350 e. The highest BCUT2D eigenvalue weighted by atomic mass is 32.1. The number of hydrazine groups is 2. The lowest BCUT2D eigenvalue weighted by Crippen LogP contribution is -2.45. The molecule has 11 nitrogen and oxygen atoms in total. The molecule has 0 unspecified atom stereocenters. The molecule has 0 saturated heterocycles. The van der Waals surface area contributed by atoms with Gasteiger partial charge in [-0.1, -0.05) is 0 Å². The third-order valence-electron chi connectivity index (χ3n) is 1.56. The zero-order chi connectivity index (χ0) is 13.2. The van der Waals surface area contributed by atoms with Crippen LogP contribution >= 0.6 is 12.2 Å². The molecule has 1 aromatic rings. The van der Waals surface area contributed by atoms with Crippen LogP contribution in [0.25, 0.3) is 0 Å². The molecule has 92 valence electrons. The van der Waals surface area contributed by atoms with Crippen molar-refractivity contribution in [2.45, 2.75) is 0 Å². The third kappa shape index (κ3) is 2.83. The molecule has 12 heteroatoms. The Morgan fingerprint density at radius 1 is 1.06 bits per heavy atom. The van der Waals surface area contributed by atoms with E-state index in [0.29, 0.717) is 10.0 Å². The summed E-state index contributed by atoms with van der Waals surface area (Å²) in [6.07, 6.45) is 0. The molecule has 1 rings (SSSR count). The van der Waals surface area contributed by atoms with E-state index >= 15 is 0 Å². The quantitative estimate of drug-likeness (QED) is 0.176. The first-order chi connectivity index (χ1) is 7.82. The number of carbonyl (C=O) groups is 2. The van der Waals surface area contributed by atoms with Gasteiger partial charge in [0.25, 0.3) is 0 Å². The molecule has 1 heterocycles. The molecule has 0 aliphatic carbocycles. The molecule has 0 spiro atoms. The standard InChI is InChI=1S/C5H9N9O2S/c6-1(15)13(8)3-10-4(12-5(17)11-3)14(9)2(7)16/h8-9H2,(H2,6,15)(H2,7,16)(H,10,11,12,17). The van der Waals surface area contributed by atoms with Crippen LogP contribution in [0.3, 0.4) is 0 Å². The molecule has 0 radical (unpaired) electrons. The number of nitrogens with one attached hydrogen (secondary N) is 1. The van der Waals surface area contributed by atoms with Crippen LogP contribution in [-0.4, -0.2) is 27.0 Å². The Morgan fingerprint density at radius 3 is 1.71 bits per heavy atom. The second kappa shape index (κ2) is 4.69. The molecule has 0 aliphatic rings. The lowest BCUT2D eigenvalue weighted by atomic mass is 10.7. The fourth-order valence-corrected chi connectivity index (χ4v) is 0.972. The monoisotopic (exact) mass is 259 g/mol. The van der Waals surface area contributed by atoms with Crippen molar-refractivity contribution in [3.63, 3.8) is 0 Å². The predicted octanol–water partition coefficient (Wildman–Crippen LogP) is -1.95. The summed E-state index contributed by atoms with van der Waals surface area (Å²) in [7, 11) is 0. The average Bonchev–Trinajstić information content (AvgIpc) is 2.25. The molecule has 0 aromatic carbocycles. The number of H-pyrrole nitrogens is 1. The van der Waals surface area contributed by atoms with E-state index in [1.54, 1.807) is 0 Å². The van der Waals surface area contributed by atoms with Gasteiger partial charge < -0.3 is 11.5 Å². The minimum absolute atomic E-state index is 0.206. The highest BCUT2D eigenvalue weighted by Gasteiger charge is 2.15. The Kier molecular flexibility index (Phi) is 3.52. The van der Waals surface area contributed by atoms with Gasteiger partial charge in [-0.2, -0.15) is 20.0 Å². The first kappa shape index (κ1) is 12.8. The van der Waals surface area contributed by atoms with Crippen LogP contribution in [0.15, 0.2) is 0 Å². The number of nitrogens with zero attached hydrogens (tertiary/aromatic N) is 4. The predicted molar refractivity (Wildman–Crippen MR) is 59.7 cm³/mol. The number of rotatable bonds is 2. The summed E-state index contributed by atoms with van der Waals surface area (Å²) in [5, 5.41) is 0.936. The summed E-state index contributed by atoms with van der Waals surface area (Å²) >= 11 is 4.69. The number of amides is 4. The van der Waals surface area contributed by atoms with Crippen LogP contribution in [-0.2, 0) is 0 Å². The molecule has 0 fully saturated rings. The number of aromatic nitrogens is 3. The van der Waals surface area contributed by atoms with E-state index < -0.39 is 12.1 Å². The van der Waals surface area contributed by atoms with Crippen molar-refractivity contribution in [1.29, 1.82) is 0 Å². The fraction of sp³-hybridized carbons (Fsp3) is 0. The number of hydrogen-bond acceptors (Lipinski definition) is 7. The molecule has 0 aliphatic heterocycles. The summed E-state index contributed by atoms with van der Waals surface area (Å²) in [4.78, 5) is 31.2. The molecule has 0 bridgehead atoms. The summed E-state index contributed by atoms with van der Waals surface area (Å²) in [6.45, 7) is 0. The number of aromatic amines is 1. The van der Waals surface area contributed by atoms with E-state index in [1.165, 1.54) is 0 Å². The Bertz CT molecular complexity index is 471. The number of carbonyl (C=O) groups excluding carboxylic acids is 2. The van der Waals surface area contributed by atoms with Gasteiger partial charge in [0.1, 0.15) is 0 Å². The highest BCUT2D eigenvalue weighted by molar-refractivity contribution is 7.71. The van der Waals surface area contributed by atoms with Crippen molar-refractivity contribution in [1.82, 2.24) is 15.0 Å². The first-order valence-corrected chi connectivity index (χ1v) is 4.40. The number of hydrogen-bond donors (Lipinski definition) is 5.